The van der Waals surface area contributed by atoms with Crippen LogP contribution in [0.1, 0.15) is 12.1 Å². The molecule has 5 nitrogen and oxygen atoms in total. The number of H-pyrrole nitrogens is 1. The van der Waals surface area contributed by atoms with Gasteiger partial charge in [-0.05, 0) is 31.2 Å². The second kappa shape index (κ2) is 4.67. The van der Waals surface area contributed by atoms with Crippen molar-refractivity contribution < 1.29 is 9.59 Å². The van der Waals surface area contributed by atoms with Crippen molar-refractivity contribution in [1.82, 2.24) is 9.88 Å². The van der Waals surface area contributed by atoms with E-state index in [2.05, 4.69) is 10.3 Å². The zero-order valence-electron chi connectivity index (χ0n) is 11.6. The van der Waals surface area contributed by atoms with E-state index in [1.807, 2.05) is 31.2 Å². The Morgan fingerprint density at radius 3 is 2.90 bits per heavy atom. The zero-order chi connectivity index (χ0) is 14.3. The van der Waals surface area contributed by atoms with Crippen LogP contribution in [0, 0.1) is 12.8 Å². The predicted molar refractivity (Wildman–Crippen MR) is 77.4 cm³/mol. The molecule has 2 aromatic rings. The van der Waals surface area contributed by atoms with Gasteiger partial charge < -0.3 is 15.2 Å². The van der Waals surface area contributed by atoms with Crippen molar-refractivity contribution in [3.8, 4) is 0 Å². The third-order valence-electron chi connectivity index (χ3n) is 3.73. The SMILES string of the molecule is Cc1cc2cc(NC(=O)C3CC(=O)N(C)C3)ccc2[nH]1. The molecular weight excluding hydrogens is 254 g/mol. The number of likely N-dealkylation sites (tertiary alicyclic amines) is 1. The largest absolute Gasteiger partial charge is 0.359 e. The number of rotatable bonds is 2. The molecule has 0 bridgehead atoms. The number of carbonyl (C=O) groups is 2. The Kier molecular flexibility index (Phi) is 2.97. The van der Waals surface area contributed by atoms with Gasteiger partial charge in [-0.25, -0.2) is 0 Å². The van der Waals surface area contributed by atoms with E-state index < -0.39 is 0 Å². The number of hydrogen-bond donors (Lipinski definition) is 2. The molecule has 1 aliphatic rings. The number of nitrogens with one attached hydrogen (secondary N) is 2. The summed E-state index contributed by atoms with van der Waals surface area (Å²) in [4.78, 5) is 28.5. The lowest BCUT2D eigenvalue weighted by molar-refractivity contribution is -0.127. The van der Waals surface area contributed by atoms with Crippen LogP contribution in [0.2, 0.25) is 0 Å². The van der Waals surface area contributed by atoms with Gasteiger partial charge in [0.05, 0.1) is 5.92 Å². The molecule has 1 atom stereocenters. The number of aromatic nitrogens is 1. The number of benzene rings is 1. The highest BCUT2D eigenvalue weighted by Gasteiger charge is 2.32. The minimum Gasteiger partial charge on any atom is -0.359 e. The highest BCUT2D eigenvalue weighted by atomic mass is 16.2. The molecule has 3 rings (SSSR count). The van der Waals surface area contributed by atoms with Gasteiger partial charge in [0.25, 0.3) is 0 Å². The molecule has 0 radical (unpaired) electrons. The van der Waals surface area contributed by atoms with Gasteiger partial charge in [-0.1, -0.05) is 0 Å². The molecular formula is C15H17N3O2. The number of fused-ring (bicyclic) bond motifs is 1. The Bertz CT molecular complexity index is 689. The second-order valence-electron chi connectivity index (χ2n) is 5.42. The maximum Gasteiger partial charge on any atom is 0.229 e. The quantitative estimate of drug-likeness (QED) is 0.876. The molecule has 1 saturated heterocycles. The molecule has 20 heavy (non-hydrogen) atoms. The summed E-state index contributed by atoms with van der Waals surface area (Å²) >= 11 is 0. The van der Waals surface area contributed by atoms with Crippen LogP contribution in [0.3, 0.4) is 0 Å². The lowest BCUT2D eigenvalue weighted by atomic mass is 10.1. The Morgan fingerprint density at radius 2 is 2.20 bits per heavy atom. The maximum absolute atomic E-state index is 12.1. The van der Waals surface area contributed by atoms with E-state index in [1.165, 1.54) is 0 Å². The van der Waals surface area contributed by atoms with Gasteiger partial charge in [0.15, 0.2) is 0 Å². The van der Waals surface area contributed by atoms with E-state index in [1.54, 1.807) is 11.9 Å². The summed E-state index contributed by atoms with van der Waals surface area (Å²) in [7, 11) is 1.73. The van der Waals surface area contributed by atoms with Crippen molar-refractivity contribution in [1.29, 1.82) is 0 Å². The van der Waals surface area contributed by atoms with Gasteiger partial charge in [-0.3, -0.25) is 9.59 Å². The molecule has 2 N–H and O–H groups in total. The molecule has 2 heterocycles. The monoisotopic (exact) mass is 271 g/mol. The Hall–Kier alpha value is -2.30. The summed E-state index contributed by atoms with van der Waals surface area (Å²) in [6.45, 7) is 2.49. The van der Waals surface area contributed by atoms with Gasteiger partial charge in [-0.15, -0.1) is 0 Å². The average molecular weight is 271 g/mol. The predicted octanol–water partition coefficient (Wildman–Crippen LogP) is 1.89. The fourth-order valence-corrected chi connectivity index (χ4v) is 2.64. The lowest BCUT2D eigenvalue weighted by Gasteiger charge is -2.11. The highest BCUT2D eigenvalue weighted by molar-refractivity contribution is 5.98. The van der Waals surface area contributed by atoms with Crippen molar-refractivity contribution in [3.63, 3.8) is 0 Å². The van der Waals surface area contributed by atoms with Gasteiger partial charge in [0.1, 0.15) is 0 Å². The van der Waals surface area contributed by atoms with E-state index in [0.29, 0.717) is 13.0 Å². The molecule has 0 aliphatic carbocycles. The molecule has 1 aromatic carbocycles. The van der Waals surface area contributed by atoms with Crippen LogP contribution in [-0.4, -0.2) is 35.3 Å². The summed E-state index contributed by atoms with van der Waals surface area (Å²) in [5.74, 6) is -0.313. The summed E-state index contributed by atoms with van der Waals surface area (Å²) < 4.78 is 0. The molecule has 104 valence electrons. The number of aryl methyl sites for hydroxylation is 1. The molecule has 1 unspecified atom stereocenters. The lowest BCUT2D eigenvalue weighted by Crippen LogP contribution is -2.25. The van der Waals surface area contributed by atoms with Crippen LogP contribution in [-0.2, 0) is 9.59 Å². The van der Waals surface area contributed by atoms with Crippen molar-refractivity contribution in [2.24, 2.45) is 5.92 Å². The van der Waals surface area contributed by atoms with Gasteiger partial charge in [0, 0.05) is 42.3 Å². The van der Waals surface area contributed by atoms with E-state index in [4.69, 9.17) is 0 Å². The van der Waals surface area contributed by atoms with Gasteiger partial charge >= 0.3 is 0 Å². The molecule has 5 heteroatoms. The van der Waals surface area contributed by atoms with E-state index >= 15 is 0 Å². The zero-order valence-corrected chi connectivity index (χ0v) is 11.6. The van der Waals surface area contributed by atoms with Crippen molar-refractivity contribution in [2.75, 3.05) is 18.9 Å². The van der Waals surface area contributed by atoms with Crippen LogP contribution in [0.4, 0.5) is 5.69 Å². The highest BCUT2D eigenvalue weighted by Crippen LogP contribution is 2.22. The first-order chi connectivity index (χ1) is 9.52. The first-order valence-corrected chi connectivity index (χ1v) is 6.67. The summed E-state index contributed by atoms with van der Waals surface area (Å²) in [6, 6.07) is 7.80. The molecule has 1 fully saturated rings. The fraction of sp³-hybridized carbons (Fsp3) is 0.333. The van der Waals surface area contributed by atoms with Crippen LogP contribution in [0.25, 0.3) is 10.9 Å². The minimum absolute atomic E-state index is 0.0295. The van der Waals surface area contributed by atoms with Crippen molar-refractivity contribution in [2.45, 2.75) is 13.3 Å². The van der Waals surface area contributed by atoms with Crippen LogP contribution >= 0.6 is 0 Å². The number of nitrogens with zero attached hydrogens (tertiary/aromatic N) is 1. The fourth-order valence-electron chi connectivity index (χ4n) is 2.64. The molecule has 1 aromatic heterocycles. The third-order valence-corrected chi connectivity index (χ3v) is 3.73. The van der Waals surface area contributed by atoms with Crippen molar-refractivity contribution in [3.05, 3.63) is 30.0 Å². The topological polar surface area (TPSA) is 65.2 Å². The molecule has 0 spiro atoms. The van der Waals surface area contributed by atoms with Crippen LogP contribution < -0.4 is 5.32 Å². The van der Waals surface area contributed by atoms with Crippen LogP contribution in [0.5, 0.6) is 0 Å². The first-order valence-electron chi connectivity index (χ1n) is 6.67. The molecule has 1 aliphatic heterocycles. The normalized spacial score (nSPS) is 18.8. The Labute approximate surface area is 117 Å². The number of amides is 2. The standard InChI is InChI=1S/C15H17N3O2/c1-9-5-10-6-12(3-4-13(10)16-9)17-15(20)11-7-14(19)18(2)8-11/h3-6,11,16H,7-8H2,1-2H3,(H,17,20). The van der Waals surface area contributed by atoms with Crippen molar-refractivity contribution >= 4 is 28.4 Å². The van der Waals surface area contributed by atoms with Gasteiger partial charge in [-0.2, -0.15) is 0 Å². The minimum atomic E-state index is -0.254. The van der Waals surface area contributed by atoms with Gasteiger partial charge in [0.2, 0.25) is 11.8 Å². The Balaban J connectivity index is 1.75. The molecule has 0 saturated carbocycles. The van der Waals surface area contributed by atoms with E-state index in [9.17, 15) is 9.59 Å². The number of aromatic amines is 1. The van der Waals surface area contributed by atoms with E-state index in [-0.39, 0.29) is 17.7 Å². The third kappa shape index (κ3) is 2.27. The first kappa shape index (κ1) is 12.7. The Morgan fingerprint density at radius 1 is 1.40 bits per heavy atom. The number of hydrogen-bond acceptors (Lipinski definition) is 2. The smallest absolute Gasteiger partial charge is 0.229 e. The summed E-state index contributed by atoms with van der Waals surface area (Å²) in [5.41, 5.74) is 2.91. The maximum atomic E-state index is 12.1. The average Bonchev–Trinajstić information content (AvgIpc) is 2.91. The number of carbonyl (C=O) groups excluding carboxylic acids is 2. The number of anilines is 1. The summed E-state index contributed by atoms with van der Waals surface area (Å²) in [5, 5.41) is 3.96. The van der Waals surface area contributed by atoms with E-state index in [0.717, 1.165) is 22.3 Å². The summed E-state index contributed by atoms with van der Waals surface area (Å²) in [6.07, 6.45) is 0.299. The molecule has 2 amide bonds. The second-order valence-corrected chi connectivity index (χ2v) is 5.42. The van der Waals surface area contributed by atoms with Crippen LogP contribution in [0.15, 0.2) is 24.3 Å².